The molecule has 0 saturated heterocycles. The van der Waals surface area contributed by atoms with E-state index in [1.165, 1.54) is 57.6 Å². The molecule has 0 amide bonds. The van der Waals surface area contributed by atoms with Gasteiger partial charge in [-0.2, -0.15) is 0 Å². The van der Waals surface area contributed by atoms with Gasteiger partial charge in [-0.25, -0.2) is 4.79 Å². The zero-order valence-electron chi connectivity index (χ0n) is 23.7. The Morgan fingerprint density at radius 2 is 1.89 bits per heavy atom. The SMILES string of the molecule is C=COCCOC(=O)O[C@H]1CC[C@@]2(C)C(=CCC3C2CC[C@]2(C)[C@@H]([C@H](C)CCCC(C)C)CC[C@@H]32)C1. The van der Waals surface area contributed by atoms with Crippen LogP contribution >= 0.6 is 0 Å². The molecule has 3 fully saturated rings. The van der Waals surface area contributed by atoms with Crippen molar-refractivity contribution in [3.63, 3.8) is 0 Å². The van der Waals surface area contributed by atoms with Gasteiger partial charge in [0.25, 0.3) is 0 Å². The normalized spacial score (nSPS) is 38.3. The average Bonchev–Trinajstić information content (AvgIpc) is 3.19. The van der Waals surface area contributed by atoms with E-state index in [0.717, 1.165) is 54.8 Å². The summed E-state index contributed by atoms with van der Waals surface area (Å²) in [6.07, 6.45) is 17.3. The van der Waals surface area contributed by atoms with Crippen molar-refractivity contribution in [3.05, 3.63) is 24.5 Å². The lowest BCUT2D eigenvalue weighted by molar-refractivity contribution is -0.0621. The van der Waals surface area contributed by atoms with Crippen LogP contribution in [0.1, 0.15) is 105 Å². The van der Waals surface area contributed by atoms with Crippen molar-refractivity contribution >= 4 is 6.16 Å². The molecule has 8 atom stereocenters. The fraction of sp³-hybridized carbons (Fsp3) is 0.844. The van der Waals surface area contributed by atoms with Crippen molar-refractivity contribution in [2.45, 2.75) is 111 Å². The van der Waals surface area contributed by atoms with Gasteiger partial charge in [0.15, 0.2) is 0 Å². The zero-order chi connectivity index (χ0) is 25.9. The summed E-state index contributed by atoms with van der Waals surface area (Å²) in [7, 11) is 0. The molecule has 0 aromatic rings. The summed E-state index contributed by atoms with van der Waals surface area (Å²) in [6.45, 7) is 16.5. The summed E-state index contributed by atoms with van der Waals surface area (Å²) < 4.78 is 15.9. The zero-order valence-corrected chi connectivity index (χ0v) is 23.7. The van der Waals surface area contributed by atoms with Gasteiger partial charge in [-0.3, -0.25) is 0 Å². The van der Waals surface area contributed by atoms with E-state index >= 15 is 0 Å². The second-order valence-corrected chi connectivity index (χ2v) is 13.4. The van der Waals surface area contributed by atoms with Crippen LogP contribution in [0.3, 0.4) is 0 Å². The summed E-state index contributed by atoms with van der Waals surface area (Å²) in [6, 6.07) is 0. The first-order valence-corrected chi connectivity index (χ1v) is 14.9. The smallest absolute Gasteiger partial charge is 0.498 e. The van der Waals surface area contributed by atoms with Crippen molar-refractivity contribution in [3.8, 4) is 0 Å². The summed E-state index contributed by atoms with van der Waals surface area (Å²) in [5, 5.41) is 0. The number of fused-ring (bicyclic) bond motifs is 5. The first kappa shape index (κ1) is 27.6. The molecule has 4 nitrogen and oxygen atoms in total. The van der Waals surface area contributed by atoms with E-state index in [9.17, 15) is 4.79 Å². The van der Waals surface area contributed by atoms with Crippen molar-refractivity contribution in [2.75, 3.05) is 13.2 Å². The number of carbonyl (C=O) groups is 1. The Balaban J connectivity index is 1.37. The molecule has 0 radical (unpaired) electrons. The lowest BCUT2D eigenvalue weighted by Gasteiger charge is -2.58. The Morgan fingerprint density at radius 3 is 2.64 bits per heavy atom. The van der Waals surface area contributed by atoms with Crippen LogP contribution < -0.4 is 0 Å². The molecular formula is C32H52O4. The second kappa shape index (κ2) is 11.5. The Morgan fingerprint density at radius 1 is 1.08 bits per heavy atom. The van der Waals surface area contributed by atoms with Gasteiger partial charge in [0.2, 0.25) is 0 Å². The number of hydrogen-bond donors (Lipinski definition) is 0. The molecule has 4 heteroatoms. The maximum Gasteiger partial charge on any atom is 0.508 e. The van der Waals surface area contributed by atoms with Gasteiger partial charge in [0.1, 0.15) is 19.3 Å². The Kier molecular flexibility index (Phi) is 8.83. The fourth-order valence-electron chi connectivity index (χ4n) is 9.18. The van der Waals surface area contributed by atoms with E-state index in [1.807, 2.05) is 0 Å². The molecular weight excluding hydrogens is 448 g/mol. The summed E-state index contributed by atoms with van der Waals surface area (Å²) in [5.74, 6) is 5.08. The van der Waals surface area contributed by atoms with E-state index in [1.54, 1.807) is 5.57 Å². The molecule has 0 aromatic carbocycles. The molecule has 0 aliphatic heterocycles. The number of hydrogen-bond acceptors (Lipinski definition) is 4. The number of allylic oxidation sites excluding steroid dienone is 1. The molecule has 0 heterocycles. The van der Waals surface area contributed by atoms with Gasteiger partial charge >= 0.3 is 6.16 Å². The molecule has 0 N–H and O–H groups in total. The topological polar surface area (TPSA) is 44.8 Å². The first-order valence-electron chi connectivity index (χ1n) is 14.9. The largest absolute Gasteiger partial charge is 0.508 e. The third-order valence-corrected chi connectivity index (χ3v) is 11.1. The van der Waals surface area contributed by atoms with Gasteiger partial charge in [0.05, 0.1) is 6.26 Å². The van der Waals surface area contributed by atoms with Crippen molar-refractivity contribution in [2.24, 2.45) is 46.3 Å². The van der Waals surface area contributed by atoms with E-state index in [4.69, 9.17) is 14.2 Å². The monoisotopic (exact) mass is 500 g/mol. The predicted molar refractivity (Wildman–Crippen MR) is 145 cm³/mol. The third kappa shape index (κ3) is 5.53. The van der Waals surface area contributed by atoms with Crippen molar-refractivity contribution in [1.29, 1.82) is 0 Å². The Hall–Kier alpha value is -1.45. The number of ether oxygens (including phenoxy) is 3. The highest BCUT2D eigenvalue weighted by molar-refractivity contribution is 5.60. The number of rotatable bonds is 10. The minimum atomic E-state index is -0.571. The van der Waals surface area contributed by atoms with Gasteiger partial charge in [-0.05, 0) is 91.3 Å². The minimum Gasteiger partial charge on any atom is -0.498 e. The van der Waals surface area contributed by atoms with E-state index in [2.05, 4.69) is 47.3 Å². The van der Waals surface area contributed by atoms with Gasteiger partial charge in [-0.15, -0.1) is 0 Å². The summed E-state index contributed by atoms with van der Waals surface area (Å²) >= 11 is 0. The fourth-order valence-corrected chi connectivity index (χ4v) is 9.18. The molecule has 4 rings (SSSR count). The summed E-state index contributed by atoms with van der Waals surface area (Å²) in [4.78, 5) is 12.1. The molecule has 0 aromatic heterocycles. The van der Waals surface area contributed by atoms with Crippen LogP contribution in [0.5, 0.6) is 0 Å². The van der Waals surface area contributed by atoms with Gasteiger partial charge < -0.3 is 14.2 Å². The van der Waals surface area contributed by atoms with E-state index in [-0.39, 0.29) is 18.1 Å². The van der Waals surface area contributed by atoms with Crippen LogP contribution in [-0.4, -0.2) is 25.5 Å². The molecule has 3 saturated carbocycles. The molecule has 4 aliphatic rings. The van der Waals surface area contributed by atoms with E-state index < -0.39 is 6.16 Å². The Labute approximate surface area is 220 Å². The standard InChI is InChI=1S/C32H52O4/c1-7-34-19-20-35-30(33)36-25-15-17-31(5)24(21-25)11-12-26-28-14-13-27(23(4)10-8-9-22(2)3)32(28,6)18-16-29(26)31/h7,11,22-23,25-29H,1,8-10,12-21H2,2-6H3/t23-,25+,26?,27-,28+,29?,31+,32-/m1/s1. The van der Waals surface area contributed by atoms with Crippen LogP contribution in [0.2, 0.25) is 0 Å². The minimum absolute atomic E-state index is 0.0647. The van der Waals surface area contributed by atoms with E-state index in [0.29, 0.717) is 12.0 Å². The van der Waals surface area contributed by atoms with Crippen LogP contribution in [0.25, 0.3) is 0 Å². The molecule has 2 unspecified atom stereocenters. The van der Waals surface area contributed by atoms with Crippen molar-refractivity contribution < 1.29 is 19.0 Å². The van der Waals surface area contributed by atoms with Crippen molar-refractivity contribution in [1.82, 2.24) is 0 Å². The molecule has 0 bridgehead atoms. The van der Waals surface area contributed by atoms with Crippen LogP contribution in [-0.2, 0) is 14.2 Å². The van der Waals surface area contributed by atoms with Gasteiger partial charge in [-0.1, -0.05) is 72.1 Å². The predicted octanol–water partition coefficient (Wildman–Crippen LogP) is 8.71. The molecule has 0 spiro atoms. The highest BCUT2D eigenvalue weighted by Gasteiger charge is 2.59. The molecule has 36 heavy (non-hydrogen) atoms. The quantitative estimate of drug-likeness (QED) is 0.130. The summed E-state index contributed by atoms with van der Waals surface area (Å²) in [5.41, 5.74) is 2.34. The maximum atomic E-state index is 12.1. The van der Waals surface area contributed by atoms with Crippen LogP contribution in [0, 0.1) is 46.3 Å². The first-order chi connectivity index (χ1) is 17.2. The van der Waals surface area contributed by atoms with Crippen LogP contribution in [0.4, 0.5) is 4.79 Å². The lowest BCUT2D eigenvalue weighted by atomic mass is 9.47. The lowest BCUT2D eigenvalue weighted by Crippen LogP contribution is -2.51. The second-order valence-electron chi connectivity index (χ2n) is 13.4. The average molecular weight is 501 g/mol. The van der Waals surface area contributed by atoms with Gasteiger partial charge in [0, 0.05) is 6.42 Å². The maximum absolute atomic E-state index is 12.1. The highest BCUT2D eigenvalue weighted by Crippen LogP contribution is 2.67. The Bertz CT molecular complexity index is 802. The third-order valence-electron chi connectivity index (χ3n) is 11.1. The molecule has 204 valence electrons. The molecule has 4 aliphatic carbocycles. The highest BCUT2D eigenvalue weighted by atomic mass is 16.7. The van der Waals surface area contributed by atoms with Crippen LogP contribution in [0.15, 0.2) is 24.5 Å². The number of carbonyl (C=O) groups excluding carboxylic acids is 1.